The predicted molar refractivity (Wildman–Crippen MR) is 99.1 cm³/mol. The van der Waals surface area contributed by atoms with E-state index in [9.17, 15) is 0 Å². The second kappa shape index (κ2) is 6.79. The lowest BCUT2D eigenvalue weighted by Gasteiger charge is -2.38. The molecule has 0 aromatic heterocycles. The minimum absolute atomic E-state index is 0.431. The molecule has 24 heavy (non-hydrogen) atoms. The van der Waals surface area contributed by atoms with E-state index in [-0.39, 0.29) is 0 Å². The topological polar surface area (TPSA) is 15.7 Å². The van der Waals surface area contributed by atoms with Gasteiger partial charge in [-0.05, 0) is 48.9 Å². The SMILES string of the molecule is COc1ccc2c(c1)C(N1CCN(C)CC1)Cc1ccccc1S2. The first-order valence-corrected chi connectivity index (χ1v) is 9.42. The van der Waals surface area contributed by atoms with Crippen molar-refractivity contribution in [2.45, 2.75) is 22.3 Å². The summed E-state index contributed by atoms with van der Waals surface area (Å²) in [6.07, 6.45) is 1.08. The van der Waals surface area contributed by atoms with Crippen LogP contribution in [-0.2, 0) is 6.42 Å². The lowest BCUT2D eigenvalue weighted by Crippen LogP contribution is -2.46. The van der Waals surface area contributed by atoms with Gasteiger partial charge in [-0.25, -0.2) is 0 Å². The number of nitrogens with zero attached hydrogens (tertiary/aromatic N) is 2. The summed E-state index contributed by atoms with van der Waals surface area (Å²) in [5, 5.41) is 0. The van der Waals surface area contributed by atoms with E-state index in [1.54, 1.807) is 7.11 Å². The van der Waals surface area contributed by atoms with Gasteiger partial charge in [-0.2, -0.15) is 0 Å². The largest absolute Gasteiger partial charge is 0.497 e. The average molecular weight is 340 g/mol. The molecule has 0 aliphatic carbocycles. The van der Waals surface area contributed by atoms with Gasteiger partial charge in [-0.3, -0.25) is 4.90 Å². The normalized spacial score (nSPS) is 21.7. The molecule has 2 aromatic carbocycles. The number of piperazine rings is 1. The van der Waals surface area contributed by atoms with E-state index >= 15 is 0 Å². The smallest absolute Gasteiger partial charge is 0.119 e. The first-order chi connectivity index (χ1) is 11.7. The first-order valence-electron chi connectivity index (χ1n) is 8.61. The zero-order valence-electron chi connectivity index (χ0n) is 14.4. The van der Waals surface area contributed by atoms with Gasteiger partial charge in [0.15, 0.2) is 0 Å². The van der Waals surface area contributed by atoms with Crippen LogP contribution in [0.2, 0.25) is 0 Å². The van der Waals surface area contributed by atoms with Gasteiger partial charge in [0, 0.05) is 42.0 Å². The highest BCUT2D eigenvalue weighted by atomic mass is 32.2. The summed E-state index contributed by atoms with van der Waals surface area (Å²) < 4.78 is 5.51. The van der Waals surface area contributed by atoms with Crippen molar-refractivity contribution in [2.75, 3.05) is 40.3 Å². The van der Waals surface area contributed by atoms with Crippen LogP contribution in [0.3, 0.4) is 0 Å². The maximum absolute atomic E-state index is 5.51. The summed E-state index contributed by atoms with van der Waals surface area (Å²) in [6, 6.07) is 15.8. The van der Waals surface area contributed by atoms with E-state index in [0.29, 0.717) is 6.04 Å². The molecule has 2 aliphatic heterocycles. The zero-order chi connectivity index (χ0) is 16.5. The molecule has 0 radical (unpaired) electrons. The summed E-state index contributed by atoms with van der Waals surface area (Å²) in [7, 11) is 3.97. The van der Waals surface area contributed by atoms with Crippen molar-refractivity contribution in [1.82, 2.24) is 9.80 Å². The molecule has 3 nitrogen and oxygen atoms in total. The van der Waals surface area contributed by atoms with Gasteiger partial charge in [0.1, 0.15) is 5.75 Å². The first kappa shape index (κ1) is 16.0. The van der Waals surface area contributed by atoms with Gasteiger partial charge < -0.3 is 9.64 Å². The molecule has 0 amide bonds. The number of ether oxygens (including phenoxy) is 1. The lowest BCUT2D eigenvalue weighted by molar-refractivity contribution is 0.109. The van der Waals surface area contributed by atoms with Crippen molar-refractivity contribution < 1.29 is 4.74 Å². The molecule has 4 heteroatoms. The Bertz CT molecular complexity index is 725. The highest BCUT2D eigenvalue weighted by Gasteiger charge is 2.29. The molecule has 0 spiro atoms. The van der Waals surface area contributed by atoms with Gasteiger partial charge >= 0.3 is 0 Å². The Hall–Kier alpha value is -1.49. The molecule has 1 atom stereocenters. The maximum atomic E-state index is 5.51. The van der Waals surface area contributed by atoms with Crippen molar-refractivity contribution in [2.24, 2.45) is 0 Å². The Kier molecular flexibility index (Phi) is 4.53. The van der Waals surface area contributed by atoms with Crippen LogP contribution >= 0.6 is 11.8 Å². The third kappa shape index (κ3) is 3.06. The third-order valence-electron chi connectivity index (χ3n) is 5.16. The van der Waals surface area contributed by atoms with E-state index in [1.165, 1.54) is 20.9 Å². The van der Waals surface area contributed by atoms with Crippen LogP contribution in [0.25, 0.3) is 0 Å². The predicted octanol–water partition coefficient (Wildman–Crippen LogP) is 3.69. The quantitative estimate of drug-likeness (QED) is 0.828. The fourth-order valence-electron chi connectivity index (χ4n) is 3.68. The Morgan fingerprint density at radius 2 is 1.79 bits per heavy atom. The van der Waals surface area contributed by atoms with Gasteiger partial charge in [-0.15, -0.1) is 0 Å². The van der Waals surface area contributed by atoms with Crippen LogP contribution in [-0.4, -0.2) is 50.1 Å². The Labute approximate surface area is 148 Å². The summed E-state index contributed by atoms with van der Waals surface area (Å²) in [5.74, 6) is 0.958. The minimum atomic E-state index is 0.431. The molecular formula is C20H24N2OS. The van der Waals surface area contributed by atoms with Crippen LogP contribution in [0, 0.1) is 0 Å². The van der Waals surface area contributed by atoms with E-state index in [2.05, 4.69) is 59.3 Å². The molecule has 1 unspecified atom stereocenters. The monoisotopic (exact) mass is 340 g/mol. The summed E-state index contributed by atoms with van der Waals surface area (Å²) in [4.78, 5) is 7.83. The number of rotatable bonds is 2. The third-order valence-corrected chi connectivity index (χ3v) is 6.37. The van der Waals surface area contributed by atoms with Crippen LogP contribution in [0.15, 0.2) is 52.3 Å². The van der Waals surface area contributed by atoms with Crippen molar-refractivity contribution >= 4 is 11.8 Å². The Morgan fingerprint density at radius 3 is 2.58 bits per heavy atom. The molecule has 0 saturated carbocycles. The van der Waals surface area contributed by atoms with Crippen LogP contribution in [0.5, 0.6) is 5.75 Å². The molecule has 126 valence electrons. The molecule has 2 aromatic rings. The number of methoxy groups -OCH3 is 1. The lowest BCUT2D eigenvalue weighted by atomic mass is 9.96. The molecular weight excluding hydrogens is 316 g/mol. The van der Waals surface area contributed by atoms with Crippen molar-refractivity contribution in [1.29, 1.82) is 0 Å². The molecule has 2 aliphatic rings. The van der Waals surface area contributed by atoms with Gasteiger partial charge in [0.2, 0.25) is 0 Å². The number of benzene rings is 2. The maximum Gasteiger partial charge on any atom is 0.119 e. The summed E-state index contributed by atoms with van der Waals surface area (Å²) in [6.45, 7) is 4.55. The van der Waals surface area contributed by atoms with Crippen LogP contribution in [0.4, 0.5) is 0 Å². The molecule has 2 heterocycles. The van der Waals surface area contributed by atoms with Gasteiger partial charge in [0.05, 0.1) is 7.11 Å². The van der Waals surface area contributed by atoms with Crippen LogP contribution in [0.1, 0.15) is 17.2 Å². The van der Waals surface area contributed by atoms with E-state index < -0.39 is 0 Å². The Balaban J connectivity index is 1.76. The molecule has 0 bridgehead atoms. The highest BCUT2D eigenvalue weighted by Crippen LogP contribution is 2.44. The van der Waals surface area contributed by atoms with Crippen molar-refractivity contribution in [3.8, 4) is 5.75 Å². The standard InChI is InChI=1S/C20H24N2OS/c1-21-9-11-22(12-10-21)18-13-15-5-3-4-6-19(15)24-20-8-7-16(23-2)14-17(18)20/h3-8,14,18H,9-13H2,1-2H3. The Morgan fingerprint density at radius 1 is 1.00 bits per heavy atom. The van der Waals surface area contributed by atoms with E-state index in [4.69, 9.17) is 4.74 Å². The van der Waals surface area contributed by atoms with E-state index in [0.717, 1.165) is 38.3 Å². The molecule has 0 N–H and O–H groups in total. The number of hydrogen-bond donors (Lipinski definition) is 0. The minimum Gasteiger partial charge on any atom is -0.497 e. The second-order valence-corrected chi connectivity index (χ2v) is 7.76. The number of hydrogen-bond acceptors (Lipinski definition) is 4. The van der Waals surface area contributed by atoms with Crippen molar-refractivity contribution in [3.05, 3.63) is 53.6 Å². The fraction of sp³-hybridized carbons (Fsp3) is 0.400. The number of fused-ring (bicyclic) bond motifs is 2. The summed E-state index contributed by atoms with van der Waals surface area (Å²) >= 11 is 1.90. The van der Waals surface area contributed by atoms with Crippen molar-refractivity contribution in [3.63, 3.8) is 0 Å². The zero-order valence-corrected chi connectivity index (χ0v) is 15.2. The fourth-order valence-corrected chi connectivity index (χ4v) is 4.79. The van der Waals surface area contributed by atoms with Crippen LogP contribution < -0.4 is 4.74 Å². The van der Waals surface area contributed by atoms with E-state index in [1.807, 2.05) is 11.8 Å². The highest BCUT2D eigenvalue weighted by molar-refractivity contribution is 7.99. The number of likely N-dealkylation sites (N-methyl/N-ethyl adjacent to an activating group) is 1. The average Bonchev–Trinajstić information content (AvgIpc) is 2.78. The molecule has 4 rings (SSSR count). The second-order valence-electron chi connectivity index (χ2n) is 6.67. The van der Waals surface area contributed by atoms with Gasteiger partial charge in [0.25, 0.3) is 0 Å². The molecule has 1 saturated heterocycles. The van der Waals surface area contributed by atoms with Gasteiger partial charge in [-0.1, -0.05) is 30.0 Å². The molecule has 1 fully saturated rings. The summed E-state index contributed by atoms with van der Waals surface area (Å²) in [5.41, 5.74) is 2.88.